The van der Waals surface area contributed by atoms with Gasteiger partial charge in [0, 0.05) is 26.1 Å². The van der Waals surface area contributed by atoms with Crippen LogP contribution in [-0.4, -0.2) is 59.3 Å². The van der Waals surface area contributed by atoms with Crippen molar-refractivity contribution in [2.75, 3.05) is 19.7 Å². The van der Waals surface area contributed by atoms with Crippen molar-refractivity contribution >= 4 is 20.3 Å². The van der Waals surface area contributed by atoms with Crippen molar-refractivity contribution in [1.82, 2.24) is 10.6 Å². The van der Waals surface area contributed by atoms with E-state index in [9.17, 15) is 24.4 Å². The van der Waals surface area contributed by atoms with Gasteiger partial charge in [0.25, 0.3) is 0 Å². The predicted molar refractivity (Wildman–Crippen MR) is 108 cm³/mol. The minimum absolute atomic E-state index is 0.0678. The third-order valence-corrected chi connectivity index (χ3v) is 5.90. The first-order valence-electron chi connectivity index (χ1n) is 9.83. The molecule has 8 nitrogen and oxygen atoms in total. The SMILES string of the molecule is CC(=O)NCCCCCC(O)(P=O)[C@@H]1CN[C@H](Cc2ccccc2C(=O)O)CO1. The van der Waals surface area contributed by atoms with E-state index in [1.807, 2.05) is 0 Å². The number of aliphatic hydroxyl groups is 1. The summed E-state index contributed by atoms with van der Waals surface area (Å²) in [4.78, 5) is 22.2. The number of ether oxygens (including phenoxy) is 1. The quantitative estimate of drug-likeness (QED) is 0.316. The van der Waals surface area contributed by atoms with E-state index in [0.717, 1.165) is 18.4 Å². The Morgan fingerprint density at radius 1 is 1.31 bits per heavy atom. The molecule has 1 aliphatic heterocycles. The van der Waals surface area contributed by atoms with Crippen LogP contribution in [0.25, 0.3) is 0 Å². The molecule has 9 heteroatoms. The zero-order valence-corrected chi connectivity index (χ0v) is 17.5. The Bertz CT molecular complexity index is 708. The van der Waals surface area contributed by atoms with Crippen LogP contribution >= 0.6 is 8.46 Å². The average molecular weight is 424 g/mol. The summed E-state index contributed by atoms with van der Waals surface area (Å²) < 4.78 is 17.4. The molecule has 1 unspecified atom stereocenters. The average Bonchev–Trinajstić information content (AvgIpc) is 2.71. The number of hydrogen-bond acceptors (Lipinski definition) is 6. The zero-order valence-electron chi connectivity index (χ0n) is 16.6. The van der Waals surface area contributed by atoms with E-state index in [2.05, 4.69) is 10.6 Å². The Balaban J connectivity index is 1.81. The molecule has 3 atom stereocenters. The third-order valence-electron chi connectivity index (χ3n) is 5.07. The Labute approximate surface area is 172 Å². The van der Waals surface area contributed by atoms with Crippen molar-refractivity contribution in [2.24, 2.45) is 0 Å². The molecule has 0 saturated carbocycles. The van der Waals surface area contributed by atoms with Crippen molar-refractivity contribution in [3.05, 3.63) is 35.4 Å². The number of benzene rings is 1. The van der Waals surface area contributed by atoms with Crippen LogP contribution in [0, 0.1) is 0 Å². The fraction of sp³-hybridized carbons (Fsp3) is 0.600. The first-order chi connectivity index (χ1) is 13.9. The molecule has 0 radical (unpaired) electrons. The second-order valence-corrected chi connectivity index (χ2v) is 8.31. The van der Waals surface area contributed by atoms with E-state index >= 15 is 0 Å². The number of rotatable bonds is 11. The van der Waals surface area contributed by atoms with Gasteiger partial charge in [-0.2, -0.15) is 0 Å². The molecular weight excluding hydrogens is 395 g/mol. The number of carboxylic acids is 1. The molecule has 2 rings (SSSR count). The molecule has 29 heavy (non-hydrogen) atoms. The van der Waals surface area contributed by atoms with Crippen LogP contribution < -0.4 is 10.6 Å². The lowest BCUT2D eigenvalue weighted by Gasteiger charge is -2.37. The number of nitrogens with one attached hydrogen (secondary N) is 2. The topological polar surface area (TPSA) is 125 Å². The van der Waals surface area contributed by atoms with Gasteiger partial charge < -0.3 is 25.6 Å². The molecule has 1 aliphatic rings. The molecule has 0 spiro atoms. The molecule has 1 fully saturated rings. The fourth-order valence-electron chi connectivity index (χ4n) is 3.44. The molecule has 1 saturated heterocycles. The first kappa shape index (κ1) is 23.4. The molecule has 1 aromatic rings. The summed E-state index contributed by atoms with van der Waals surface area (Å²) in [6.45, 7) is 2.68. The maximum Gasteiger partial charge on any atom is 0.335 e. The highest BCUT2D eigenvalue weighted by molar-refractivity contribution is 7.25. The van der Waals surface area contributed by atoms with E-state index < -0.39 is 17.4 Å². The molecule has 1 heterocycles. The largest absolute Gasteiger partial charge is 0.478 e. The predicted octanol–water partition coefficient (Wildman–Crippen LogP) is 1.96. The maximum atomic E-state index is 11.6. The van der Waals surface area contributed by atoms with E-state index in [4.69, 9.17) is 4.74 Å². The Hall–Kier alpha value is -1.86. The number of carboxylic acid groups (broad SMARTS) is 1. The van der Waals surface area contributed by atoms with Gasteiger partial charge in [0.1, 0.15) is 6.10 Å². The number of carbonyl (C=O) groups is 2. The highest BCUT2D eigenvalue weighted by atomic mass is 31.1. The number of morpholine rings is 1. The Kier molecular flexibility index (Phi) is 9.17. The van der Waals surface area contributed by atoms with Gasteiger partial charge in [0.05, 0.1) is 12.2 Å². The van der Waals surface area contributed by atoms with Gasteiger partial charge in [-0.15, -0.1) is 0 Å². The van der Waals surface area contributed by atoms with Crippen molar-refractivity contribution in [2.45, 2.75) is 56.5 Å². The van der Waals surface area contributed by atoms with Gasteiger partial charge in [-0.3, -0.25) is 9.36 Å². The van der Waals surface area contributed by atoms with Crippen LogP contribution in [0.5, 0.6) is 0 Å². The molecule has 1 amide bonds. The van der Waals surface area contributed by atoms with Crippen molar-refractivity contribution in [1.29, 1.82) is 0 Å². The van der Waals surface area contributed by atoms with Crippen molar-refractivity contribution in [3.63, 3.8) is 0 Å². The van der Waals surface area contributed by atoms with Crippen LogP contribution in [0.15, 0.2) is 24.3 Å². The van der Waals surface area contributed by atoms with E-state index in [1.54, 1.807) is 24.3 Å². The molecule has 160 valence electrons. The van der Waals surface area contributed by atoms with Gasteiger partial charge in [0.2, 0.25) is 5.91 Å². The highest BCUT2D eigenvalue weighted by Crippen LogP contribution is 2.33. The van der Waals surface area contributed by atoms with Crippen LogP contribution in [0.4, 0.5) is 0 Å². The lowest BCUT2D eigenvalue weighted by Crippen LogP contribution is -2.55. The van der Waals surface area contributed by atoms with E-state index in [-0.39, 0.29) is 26.0 Å². The van der Waals surface area contributed by atoms with Crippen LogP contribution in [0.3, 0.4) is 0 Å². The van der Waals surface area contributed by atoms with Gasteiger partial charge in [-0.05, 0) is 37.3 Å². The van der Waals surface area contributed by atoms with Gasteiger partial charge >= 0.3 is 5.97 Å². The van der Waals surface area contributed by atoms with Gasteiger partial charge in [-0.25, -0.2) is 4.79 Å². The smallest absolute Gasteiger partial charge is 0.335 e. The minimum atomic E-state index is -1.47. The molecular formula is C20H29N2O6P. The zero-order chi connectivity index (χ0) is 21.3. The summed E-state index contributed by atoms with van der Waals surface area (Å²) >= 11 is 0. The number of unbranched alkanes of at least 4 members (excludes halogenated alkanes) is 2. The number of aromatic carboxylic acids is 1. The van der Waals surface area contributed by atoms with Crippen LogP contribution in [0.2, 0.25) is 0 Å². The van der Waals surface area contributed by atoms with Gasteiger partial charge in [-0.1, -0.05) is 24.6 Å². The lowest BCUT2D eigenvalue weighted by atomic mass is 9.98. The molecule has 0 bridgehead atoms. The summed E-state index contributed by atoms with van der Waals surface area (Å²) in [6.07, 6.45) is 2.47. The van der Waals surface area contributed by atoms with Crippen LogP contribution in [-0.2, 0) is 20.5 Å². The van der Waals surface area contributed by atoms with Gasteiger partial charge in [0.15, 0.2) is 13.8 Å². The summed E-state index contributed by atoms with van der Waals surface area (Å²) in [5.74, 6) is -1.03. The first-order valence-corrected chi connectivity index (χ1v) is 10.6. The Morgan fingerprint density at radius 2 is 2.07 bits per heavy atom. The number of carbonyl (C=O) groups excluding carboxylic acids is 1. The number of hydrogen-bond donors (Lipinski definition) is 4. The maximum absolute atomic E-state index is 11.6. The summed E-state index contributed by atoms with van der Waals surface area (Å²) in [5, 5.41) is 24.6. The standard InChI is InChI=1S/C20H29N2O6P/c1-14(23)21-10-6-2-5-9-20(26,29-27)18-12-22-16(13-28-18)11-15-7-3-4-8-17(15)19(24)25/h3-4,7-8,16,18,22,26H,2,5-6,9-13H2,1H3,(H,21,23)(H,24,25)/t16-,18+,20?/m1/s1. The second kappa shape index (κ2) is 11.4. The molecule has 1 aromatic carbocycles. The van der Waals surface area contributed by atoms with E-state index in [0.29, 0.717) is 39.0 Å². The summed E-state index contributed by atoms with van der Waals surface area (Å²) in [6, 6.07) is 6.76. The monoisotopic (exact) mass is 424 g/mol. The lowest BCUT2D eigenvalue weighted by molar-refractivity contribution is -0.118. The Morgan fingerprint density at radius 3 is 2.69 bits per heavy atom. The minimum Gasteiger partial charge on any atom is -0.478 e. The number of amides is 1. The van der Waals surface area contributed by atoms with Crippen molar-refractivity contribution < 1.29 is 29.1 Å². The summed E-state index contributed by atoms with van der Waals surface area (Å²) in [5.41, 5.74) is 0.987. The van der Waals surface area contributed by atoms with Crippen molar-refractivity contribution in [3.8, 4) is 0 Å². The van der Waals surface area contributed by atoms with E-state index in [1.165, 1.54) is 6.92 Å². The molecule has 4 N–H and O–H groups in total. The highest BCUT2D eigenvalue weighted by Gasteiger charge is 2.40. The van der Waals surface area contributed by atoms with Crippen LogP contribution in [0.1, 0.15) is 48.5 Å². The molecule has 0 aromatic heterocycles. The third kappa shape index (κ3) is 7.16. The normalized spacial score (nSPS) is 21.4. The second-order valence-electron chi connectivity index (χ2n) is 7.36. The summed E-state index contributed by atoms with van der Waals surface area (Å²) in [7, 11) is -0.377. The fourth-order valence-corrected chi connectivity index (χ4v) is 3.97. The molecule has 0 aliphatic carbocycles.